The van der Waals surface area contributed by atoms with Gasteiger partial charge in [0.05, 0.1) is 13.7 Å². The third kappa shape index (κ3) is 5.16. The van der Waals surface area contributed by atoms with Crippen LogP contribution in [0.15, 0.2) is 65.3 Å². The molecule has 0 amide bonds. The number of furan rings is 1. The van der Waals surface area contributed by atoms with Gasteiger partial charge in [0, 0.05) is 18.2 Å². The quantitative estimate of drug-likeness (QED) is 0.351. The van der Waals surface area contributed by atoms with Crippen LogP contribution < -0.4 is 9.47 Å². The van der Waals surface area contributed by atoms with Gasteiger partial charge in [-0.05, 0) is 17.7 Å². The largest absolute Gasteiger partial charge is 0.497 e. The van der Waals surface area contributed by atoms with Crippen LogP contribution in [0.4, 0.5) is 0 Å². The third-order valence-corrected chi connectivity index (χ3v) is 5.14. The maximum Gasteiger partial charge on any atom is 0.329 e. The van der Waals surface area contributed by atoms with E-state index >= 15 is 0 Å². The van der Waals surface area contributed by atoms with Crippen LogP contribution in [0.2, 0.25) is 0 Å². The minimum Gasteiger partial charge on any atom is -0.497 e. The zero-order chi connectivity index (χ0) is 23.9. The fourth-order valence-electron chi connectivity index (χ4n) is 3.48. The van der Waals surface area contributed by atoms with E-state index in [1.807, 2.05) is 54.6 Å². The highest BCUT2D eigenvalue weighted by molar-refractivity contribution is 6.03. The van der Waals surface area contributed by atoms with Gasteiger partial charge < -0.3 is 28.5 Å². The van der Waals surface area contributed by atoms with Crippen LogP contribution in [0.5, 0.6) is 11.6 Å². The average molecular weight is 464 g/mol. The number of aliphatic carboxylic acids is 1. The Morgan fingerprint density at radius 2 is 1.76 bits per heavy atom. The van der Waals surface area contributed by atoms with Crippen molar-refractivity contribution in [3.63, 3.8) is 0 Å². The molecule has 0 radical (unpaired) electrons. The van der Waals surface area contributed by atoms with Gasteiger partial charge in [-0.3, -0.25) is 0 Å². The second-order valence-corrected chi connectivity index (χ2v) is 7.34. The summed E-state index contributed by atoms with van der Waals surface area (Å²) < 4.78 is 28.0. The molecule has 1 atom stereocenters. The molecule has 9 nitrogen and oxygen atoms in total. The summed E-state index contributed by atoms with van der Waals surface area (Å²) in [5.41, 5.74) is 2.93. The number of carboxylic acid groups (broad SMARTS) is 1. The Kier molecular flexibility index (Phi) is 7.36. The highest BCUT2D eigenvalue weighted by Gasteiger charge is 2.23. The molecule has 4 rings (SSSR count). The van der Waals surface area contributed by atoms with Gasteiger partial charge in [-0.1, -0.05) is 42.5 Å². The predicted octanol–water partition coefficient (Wildman–Crippen LogP) is 4.06. The molecular formula is C25H24N2O7. The lowest BCUT2D eigenvalue weighted by atomic mass is 9.99. The number of methoxy groups -OCH3 is 2. The van der Waals surface area contributed by atoms with Gasteiger partial charge in [-0.15, -0.1) is 0 Å². The molecule has 176 valence electrons. The van der Waals surface area contributed by atoms with Crippen molar-refractivity contribution in [3.8, 4) is 34.1 Å². The zero-order valence-electron chi connectivity index (χ0n) is 18.8. The Bertz CT molecular complexity index is 1240. The van der Waals surface area contributed by atoms with Gasteiger partial charge in [0.15, 0.2) is 0 Å². The Hall–Kier alpha value is -3.95. The number of carboxylic acids is 1. The van der Waals surface area contributed by atoms with Gasteiger partial charge in [0.25, 0.3) is 0 Å². The SMILES string of the molecule is COc1ccc(-c2c(-c3ccccc3)oc3ncnc(OCC(COCC(=O)O)OC)c23)cc1. The smallest absolute Gasteiger partial charge is 0.329 e. The Balaban J connectivity index is 1.73. The minimum atomic E-state index is -1.05. The number of ether oxygens (including phenoxy) is 4. The number of rotatable bonds is 11. The van der Waals surface area contributed by atoms with E-state index in [0.717, 1.165) is 22.4 Å². The van der Waals surface area contributed by atoms with E-state index in [9.17, 15) is 4.79 Å². The maximum atomic E-state index is 10.7. The van der Waals surface area contributed by atoms with Crippen molar-refractivity contribution in [2.75, 3.05) is 34.0 Å². The van der Waals surface area contributed by atoms with E-state index < -0.39 is 18.7 Å². The molecule has 34 heavy (non-hydrogen) atoms. The Labute approximate surface area is 195 Å². The number of hydrogen-bond donors (Lipinski definition) is 1. The minimum absolute atomic E-state index is 0.0585. The highest BCUT2D eigenvalue weighted by atomic mass is 16.6. The third-order valence-electron chi connectivity index (χ3n) is 5.14. The first kappa shape index (κ1) is 23.2. The molecule has 9 heteroatoms. The van der Waals surface area contributed by atoms with Crippen molar-refractivity contribution in [2.45, 2.75) is 6.10 Å². The molecule has 0 bridgehead atoms. The second kappa shape index (κ2) is 10.8. The van der Waals surface area contributed by atoms with Crippen molar-refractivity contribution in [2.24, 2.45) is 0 Å². The molecule has 0 fully saturated rings. The van der Waals surface area contributed by atoms with Crippen LogP contribution in [0.3, 0.4) is 0 Å². The predicted molar refractivity (Wildman–Crippen MR) is 124 cm³/mol. The van der Waals surface area contributed by atoms with E-state index in [1.54, 1.807) is 7.11 Å². The molecule has 0 saturated heterocycles. The monoisotopic (exact) mass is 464 g/mol. The number of fused-ring (bicyclic) bond motifs is 1. The van der Waals surface area contributed by atoms with Gasteiger partial charge in [-0.25, -0.2) is 14.8 Å². The van der Waals surface area contributed by atoms with E-state index in [4.69, 9.17) is 28.5 Å². The first-order chi connectivity index (χ1) is 16.6. The topological polar surface area (TPSA) is 113 Å². The Morgan fingerprint density at radius 1 is 1.00 bits per heavy atom. The molecule has 0 aliphatic rings. The summed E-state index contributed by atoms with van der Waals surface area (Å²) in [5.74, 6) is 0.639. The van der Waals surface area contributed by atoms with Gasteiger partial charge in [0.2, 0.25) is 11.6 Å². The Morgan fingerprint density at radius 3 is 2.44 bits per heavy atom. The molecule has 0 spiro atoms. The van der Waals surface area contributed by atoms with Crippen LogP contribution in [0.1, 0.15) is 0 Å². The van der Waals surface area contributed by atoms with Crippen LogP contribution in [-0.2, 0) is 14.3 Å². The molecule has 1 N–H and O–H groups in total. The summed E-state index contributed by atoms with van der Waals surface area (Å²) in [5, 5.41) is 9.38. The molecule has 1 unspecified atom stereocenters. The molecule has 0 aliphatic carbocycles. The fraction of sp³-hybridized carbons (Fsp3) is 0.240. The molecule has 0 aliphatic heterocycles. The number of hydrogen-bond acceptors (Lipinski definition) is 8. The standard InChI is InChI=1S/C25H24N2O7/c1-30-18-10-8-16(9-11-18)21-22-24(33-13-19(31-2)12-32-14-20(28)29)26-15-27-25(22)34-23(21)17-6-4-3-5-7-17/h3-11,15,19H,12-14H2,1-2H3,(H,28,29). The first-order valence-corrected chi connectivity index (χ1v) is 10.5. The summed E-state index contributed by atoms with van der Waals surface area (Å²) in [6, 6.07) is 17.3. The molecule has 2 heterocycles. The molecule has 2 aromatic carbocycles. The van der Waals surface area contributed by atoms with Crippen molar-refractivity contribution in [1.29, 1.82) is 0 Å². The van der Waals surface area contributed by atoms with E-state index in [0.29, 0.717) is 22.7 Å². The van der Waals surface area contributed by atoms with Crippen molar-refractivity contribution in [3.05, 3.63) is 60.9 Å². The fourth-order valence-corrected chi connectivity index (χ4v) is 3.48. The number of nitrogens with zero attached hydrogens (tertiary/aromatic N) is 2. The van der Waals surface area contributed by atoms with Crippen LogP contribution >= 0.6 is 0 Å². The van der Waals surface area contributed by atoms with Crippen LogP contribution in [-0.4, -0.2) is 61.2 Å². The molecule has 0 saturated carbocycles. The molecular weight excluding hydrogens is 440 g/mol. The molecule has 2 aromatic heterocycles. The number of aromatic nitrogens is 2. The maximum absolute atomic E-state index is 10.7. The zero-order valence-corrected chi connectivity index (χ0v) is 18.8. The average Bonchev–Trinajstić information content (AvgIpc) is 3.27. The van der Waals surface area contributed by atoms with E-state index in [-0.39, 0.29) is 13.2 Å². The summed E-state index contributed by atoms with van der Waals surface area (Å²) in [4.78, 5) is 19.4. The second-order valence-electron chi connectivity index (χ2n) is 7.34. The number of carbonyl (C=O) groups is 1. The highest BCUT2D eigenvalue weighted by Crippen LogP contribution is 2.43. The van der Waals surface area contributed by atoms with Crippen LogP contribution in [0.25, 0.3) is 33.6 Å². The van der Waals surface area contributed by atoms with Crippen LogP contribution in [0, 0.1) is 0 Å². The van der Waals surface area contributed by atoms with Crippen molar-refractivity contribution < 1.29 is 33.3 Å². The summed E-state index contributed by atoms with van der Waals surface area (Å²) in [6.45, 7) is -0.263. The van der Waals surface area contributed by atoms with E-state index in [1.165, 1.54) is 13.4 Å². The van der Waals surface area contributed by atoms with Crippen molar-refractivity contribution in [1.82, 2.24) is 9.97 Å². The van der Waals surface area contributed by atoms with E-state index in [2.05, 4.69) is 9.97 Å². The summed E-state index contributed by atoms with van der Waals surface area (Å²) in [6.07, 6.45) is 0.880. The lowest BCUT2D eigenvalue weighted by molar-refractivity contribution is -0.143. The summed E-state index contributed by atoms with van der Waals surface area (Å²) in [7, 11) is 3.12. The lowest BCUT2D eigenvalue weighted by Gasteiger charge is -2.16. The van der Waals surface area contributed by atoms with Gasteiger partial charge >= 0.3 is 5.97 Å². The summed E-state index contributed by atoms with van der Waals surface area (Å²) >= 11 is 0. The first-order valence-electron chi connectivity index (χ1n) is 10.5. The molecule has 4 aromatic rings. The lowest BCUT2D eigenvalue weighted by Crippen LogP contribution is -2.27. The van der Waals surface area contributed by atoms with Gasteiger partial charge in [0.1, 0.15) is 42.5 Å². The number of benzene rings is 2. The van der Waals surface area contributed by atoms with Gasteiger partial charge in [-0.2, -0.15) is 0 Å². The normalized spacial score (nSPS) is 11.9. The van der Waals surface area contributed by atoms with Crippen molar-refractivity contribution >= 4 is 17.1 Å².